The number of carbonyl (C=O) groups excluding carboxylic acids is 1. The zero-order valence-electron chi connectivity index (χ0n) is 18.0. The first-order valence-electron chi connectivity index (χ1n) is 9.98. The van der Waals surface area contributed by atoms with Crippen LogP contribution in [0.25, 0.3) is 17.2 Å². The summed E-state index contributed by atoms with van der Waals surface area (Å²) in [5, 5.41) is 4.38. The molecule has 0 bridgehead atoms. The molecule has 1 aliphatic heterocycles. The largest absolute Gasteiger partial charge is 0.497 e. The molecule has 9 heteroatoms. The molecule has 1 fully saturated rings. The SMILES string of the molecule is COc1ccc(OC)c(-c2ccnc(-n3ncc(C(=O)N(C)[C@@H]4CCOC4)c3C)n2)c1. The highest BCUT2D eigenvalue weighted by atomic mass is 16.5. The Morgan fingerprint density at radius 3 is 2.81 bits per heavy atom. The van der Waals surface area contributed by atoms with Crippen LogP contribution in [0.4, 0.5) is 0 Å². The molecule has 0 aliphatic carbocycles. The monoisotopic (exact) mass is 423 g/mol. The molecule has 162 valence electrons. The van der Waals surface area contributed by atoms with Gasteiger partial charge in [-0.05, 0) is 37.6 Å². The summed E-state index contributed by atoms with van der Waals surface area (Å²) in [6.07, 6.45) is 4.05. The van der Waals surface area contributed by atoms with Crippen LogP contribution in [0.3, 0.4) is 0 Å². The van der Waals surface area contributed by atoms with E-state index in [1.807, 2.05) is 25.1 Å². The van der Waals surface area contributed by atoms with Gasteiger partial charge in [0, 0.05) is 25.4 Å². The maximum Gasteiger partial charge on any atom is 0.257 e. The molecule has 4 rings (SSSR count). The van der Waals surface area contributed by atoms with Crippen LogP contribution >= 0.6 is 0 Å². The maximum atomic E-state index is 13.0. The van der Waals surface area contributed by atoms with E-state index in [0.717, 1.165) is 12.0 Å². The van der Waals surface area contributed by atoms with E-state index in [1.54, 1.807) is 49.3 Å². The number of nitrogens with zero attached hydrogens (tertiary/aromatic N) is 5. The molecule has 1 aliphatic rings. The van der Waals surface area contributed by atoms with Crippen molar-refractivity contribution >= 4 is 5.91 Å². The van der Waals surface area contributed by atoms with Gasteiger partial charge < -0.3 is 19.1 Å². The van der Waals surface area contributed by atoms with Gasteiger partial charge in [0.1, 0.15) is 11.5 Å². The number of hydrogen-bond donors (Lipinski definition) is 0. The van der Waals surface area contributed by atoms with Crippen LogP contribution in [0.15, 0.2) is 36.7 Å². The predicted octanol–water partition coefficient (Wildman–Crippen LogP) is 2.52. The lowest BCUT2D eigenvalue weighted by atomic mass is 10.1. The fourth-order valence-corrected chi connectivity index (χ4v) is 3.62. The van der Waals surface area contributed by atoms with Gasteiger partial charge in [-0.15, -0.1) is 0 Å². The van der Waals surface area contributed by atoms with Crippen molar-refractivity contribution in [2.45, 2.75) is 19.4 Å². The molecule has 0 unspecified atom stereocenters. The van der Waals surface area contributed by atoms with Crippen LogP contribution in [0.5, 0.6) is 11.5 Å². The van der Waals surface area contributed by atoms with Crippen molar-refractivity contribution in [2.75, 3.05) is 34.5 Å². The third kappa shape index (κ3) is 3.96. The minimum atomic E-state index is -0.0927. The number of aromatic nitrogens is 4. The summed E-state index contributed by atoms with van der Waals surface area (Å²) < 4.78 is 17.8. The van der Waals surface area contributed by atoms with E-state index in [9.17, 15) is 4.79 Å². The molecule has 0 spiro atoms. The second-order valence-corrected chi connectivity index (χ2v) is 7.30. The number of rotatable bonds is 6. The average molecular weight is 423 g/mol. The number of ether oxygens (including phenoxy) is 3. The quantitative estimate of drug-likeness (QED) is 0.602. The van der Waals surface area contributed by atoms with E-state index >= 15 is 0 Å². The number of likely N-dealkylation sites (N-methyl/N-ethyl adjacent to an activating group) is 1. The fourth-order valence-electron chi connectivity index (χ4n) is 3.62. The molecule has 31 heavy (non-hydrogen) atoms. The molecule has 1 saturated heterocycles. The molecule has 0 radical (unpaired) electrons. The Morgan fingerprint density at radius 2 is 2.10 bits per heavy atom. The second-order valence-electron chi connectivity index (χ2n) is 7.30. The van der Waals surface area contributed by atoms with Gasteiger partial charge in [0.2, 0.25) is 0 Å². The molecule has 1 atom stereocenters. The highest BCUT2D eigenvalue weighted by molar-refractivity contribution is 5.95. The molecule has 0 saturated carbocycles. The van der Waals surface area contributed by atoms with Crippen molar-refractivity contribution in [3.63, 3.8) is 0 Å². The molecule has 1 aromatic carbocycles. The minimum absolute atomic E-state index is 0.0790. The zero-order valence-corrected chi connectivity index (χ0v) is 18.0. The molecular weight excluding hydrogens is 398 g/mol. The van der Waals surface area contributed by atoms with Gasteiger partial charge in [0.05, 0.1) is 50.0 Å². The van der Waals surface area contributed by atoms with E-state index in [2.05, 4.69) is 15.1 Å². The summed E-state index contributed by atoms with van der Waals surface area (Å²) in [5.74, 6) is 1.63. The molecule has 3 heterocycles. The predicted molar refractivity (Wildman–Crippen MR) is 114 cm³/mol. The summed E-state index contributed by atoms with van der Waals surface area (Å²) in [6.45, 7) is 3.07. The van der Waals surface area contributed by atoms with Crippen molar-refractivity contribution < 1.29 is 19.0 Å². The Morgan fingerprint density at radius 1 is 1.26 bits per heavy atom. The Hall–Kier alpha value is -3.46. The molecule has 1 amide bonds. The number of hydrogen-bond acceptors (Lipinski definition) is 7. The first kappa shape index (κ1) is 20.8. The summed E-state index contributed by atoms with van der Waals surface area (Å²) in [5.41, 5.74) is 2.62. The molecule has 9 nitrogen and oxygen atoms in total. The second kappa shape index (κ2) is 8.73. The first-order chi connectivity index (χ1) is 15.0. The smallest absolute Gasteiger partial charge is 0.257 e. The maximum absolute atomic E-state index is 13.0. The lowest BCUT2D eigenvalue weighted by Gasteiger charge is -2.22. The number of methoxy groups -OCH3 is 2. The number of amides is 1. The van der Waals surface area contributed by atoms with Crippen LogP contribution in [-0.4, -0.2) is 71.1 Å². The van der Waals surface area contributed by atoms with Crippen molar-refractivity contribution in [1.82, 2.24) is 24.6 Å². The van der Waals surface area contributed by atoms with Crippen molar-refractivity contribution in [2.24, 2.45) is 0 Å². The van der Waals surface area contributed by atoms with Crippen molar-refractivity contribution in [3.8, 4) is 28.7 Å². The average Bonchev–Trinajstić information content (AvgIpc) is 3.48. The summed E-state index contributed by atoms with van der Waals surface area (Å²) >= 11 is 0. The van der Waals surface area contributed by atoms with E-state index in [1.165, 1.54) is 0 Å². The van der Waals surface area contributed by atoms with Crippen molar-refractivity contribution in [3.05, 3.63) is 47.9 Å². The lowest BCUT2D eigenvalue weighted by molar-refractivity contribution is 0.0710. The first-order valence-corrected chi connectivity index (χ1v) is 9.98. The van der Waals surface area contributed by atoms with Crippen molar-refractivity contribution in [1.29, 1.82) is 0 Å². The van der Waals surface area contributed by atoms with Crippen LogP contribution in [0.2, 0.25) is 0 Å². The van der Waals surface area contributed by atoms with Crippen LogP contribution in [0.1, 0.15) is 22.5 Å². The van der Waals surface area contributed by atoms with Gasteiger partial charge in [-0.2, -0.15) is 5.10 Å². The Labute approximate surface area is 180 Å². The number of carbonyl (C=O) groups is 1. The lowest BCUT2D eigenvalue weighted by Crippen LogP contribution is -2.37. The van der Waals surface area contributed by atoms with E-state index in [0.29, 0.717) is 47.6 Å². The normalized spacial score (nSPS) is 15.7. The summed E-state index contributed by atoms with van der Waals surface area (Å²) in [7, 11) is 5.01. The van der Waals surface area contributed by atoms with Gasteiger partial charge in [0.25, 0.3) is 11.9 Å². The minimum Gasteiger partial charge on any atom is -0.497 e. The van der Waals surface area contributed by atoms with Gasteiger partial charge in [0.15, 0.2) is 0 Å². The number of benzene rings is 1. The van der Waals surface area contributed by atoms with Gasteiger partial charge in [-0.3, -0.25) is 4.79 Å². The van der Waals surface area contributed by atoms with Crippen LogP contribution in [-0.2, 0) is 4.74 Å². The molecule has 3 aromatic rings. The zero-order chi connectivity index (χ0) is 22.0. The Balaban J connectivity index is 1.67. The van der Waals surface area contributed by atoms with Crippen LogP contribution < -0.4 is 9.47 Å². The third-order valence-electron chi connectivity index (χ3n) is 5.53. The summed E-state index contributed by atoms with van der Waals surface area (Å²) in [4.78, 5) is 23.7. The Bertz CT molecular complexity index is 1090. The van der Waals surface area contributed by atoms with E-state index < -0.39 is 0 Å². The topological polar surface area (TPSA) is 91.6 Å². The van der Waals surface area contributed by atoms with Crippen LogP contribution in [0, 0.1) is 6.92 Å². The summed E-state index contributed by atoms with van der Waals surface area (Å²) in [6, 6.07) is 7.38. The molecule has 0 N–H and O–H groups in total. The Kier molecular flexibility index (Phi) is 5.85. The fraction of sp³-hybridized carbons (Fsp3) is 0.364. The van der Waals surface area contributed by atoms with E-state index in [4.69, 9.17) is 14.2 Å². The standard InChI is InChI=1S/C22H25N5O4/c1-14-18(21(28)26(2)15-8-10-31-13-15)12-24-27(14)22-23-9-7-19(25-22)17-11-16(29-3)5-6-20(17)30-4/h5-7,9,11-12,15H,8,10,13H2,1-4H3/t15-/m1/s1. The van der Waals surface area contributed by atoms with E-state index in [-0.39, 0.29) is 11.9 Å². The molecular formula is C22H25N5O4. The van der Waals surface area contributed by atoms with Gasteiger partial charge >= 0.3 is 0 Å². The van der Waals surface area contributed by atoms with Gasteiger partial charge in [-0.1, -0.05) is 0 Å². The third-order valence-corrected chi connectivity index (χ3v) is 5.53. The highest BCUT2D eigenvalue weighted by Crippen LogP contribution is 2.32. The molecule has 2 aromatic heterocycles. The highest BCUT2D eigenvalue weighted by Gasteiger charge is 2.27. The van der Waals surface area contributed by atoms with Gasteiger partial charge in [-0.25, -0.2) is 14.6 Å².